The van der Waals surface area contributed by atoms with Crippen LogP contribution in [0.1, 0.15) is 52.3 Å². The lowest BCUT2D eigenvalue weighted by Gasteiger charge is -2.24. The fourth-order valence-electron chi connectivity index (χ4n) is 2.88. The Kier molecular flexibility index (Phi) is 6.64. The largest absolute Gasteiger partial charge is 0.459 e. The molecule has 0 saturated carbocycles. The van der Waals surface area contributed by atoms with Gasteiger partial charge in [-0.15, -0.1) is 11.3 Å². The molecule has 144 valence electrons. The number of ether oxygens (including phenoxy) is 1. The number of nitrogens with one attached hydrogen (secondary N) is 1. The average molecular weight is 390 g/mol. The zero-order valence-corrected chi connectivity index (χ0v) is 15.8. The predicted octanol–water partition coefficient (Wildman–Crippen LogP) is 3.54. The fraction of sp³-hybridized carbons (Fsp3) is 0.421. The van der Waals surface area contributed by atoms with E-state index in [4.69, 9.17) is 9.15 Å². The molecule has 3 heterocycles. The van der Waals surface area contributed by atoms with Gasteiger partial charge in [-0.1, -0.05) is 19.3 Å². The first-order chi connectivity index (χ1) is 13.1. The summed E-state index contributed by atoms with van der Waals surface area (Å²) in [7, 11) is 0. The number of anilines is 1. The third kappa shape index (κ3) is 5.43. The molecule has 0 aromatic carbocycles. The maximum atomic E-state index is 12.3. The van der Waals surface area contributed by atoms with Crippen LogP contribution in [0.3, 0.4) is 0 Å². The first kappa shape index (κ1) is 19.2. The van der Waals surface area contributed by atoms with Gasteiger partial charge in [0.2, 0.25) is 0 Å². The van der Waals surface area contributed by atoms with E-state index in [-0.39, 0.29) is 18.3 Å². The molecule has 7 nitrogen and oxygen atoms in total. The number of hydrogen-bond acceptors (Lipinski definition) is 6. The Hall–Kier alpha value is -2.61. The molecule has 1 fully saturated rings. The summed E-state index contributed by atoms with van der Waals surface area (Å²) in [5.74, 6) is -0.938. The van der Waals surface area contributed by atoms with Gasteiger partial charge in [0.25, 0.3) is 11.8 Å². The van der Waals surface area contributed by atoms with Crippen molar-refractivity contribution in [3.63, 3.8) is 0 Å². The molecule has 0 bridgehead atoms. The van der Waals surface area contributed by atoms with Crippen molar-refractivity contribution in [3.05, 3.63) is 41.2 Å². The van der Waals surface area contributed by atoms with Crippen LogP contribution in [0.25, 0.3) is 0 Å². The monoisotopic (exact) mass is 390 g/mol. The van der Waals surface area contributed by atoms with Gasteiger partial charge in [0, 0.05) is 13.1 Å². The molecule has 0 radical (unpaired) electrons. The number of carbonyl (C=O) groups is 3. The maximum Gasteiger partial charge on any atom is 0.348 e. The standard InChI is InChI=1S/C19H22N2O5S/c22-17(21-10-4-2-1-3-5-11-21)13-26-19(24)15-8-9-16(27-15)20-18(23)14-7-6-12-25-14/h6-9,12H,1-5,10-11,13H2,(H,20,23). The Morgan fingerprint density at radius 3 is 2.52 bits per heavy atom. The summed E-state index contributed by atoms with van der Waals surface area (Å²) < 4.78 is 10.2. The molecule has 1 aliphatic rings. The summed E-state index contributed by atoms with van der Waals surface area (Å²) in [5.41, 5.74) is 0. The van der Waals surface area contributed by atoms with E-state index >= 15 is 0 Å². The van der Waals surface area contributed by atoms with Crippen molar-refractivity contribution >= 4 is 34.1 Å². The lowest BCUT2D eigenvalue weighted by Crippen LogP contribution is -2.36. The normalized spacial score (nSPS) is 14.9. The Morgan fingerprint density at radius 2 is 1.81 bits per heavy atom. The van der Waals surface area contributed by atoms with E-state index in [0.717, 1.165) is 50.1 Å². The highest BCUT2D eigenvalue weighted by Crippen LogP contribution is 2.23. The van der Waals surface area contributed by atoms with Crippen molar-refractivity contribution < 1.29 is 23.5 Å². The van der Waals surface area contributed by atoms with Crippen LogP contribution in [0.5, 0.6) is 0 Å². The molecule has 1 aliphatic heterocycles. The molecule has 2 aromatic rings. The average Bonchev–Trinajstić information content (AvgIpc) is 3.31. The van der Waals surface area contributed by atoms with E-state index < -0.39 is 11.9 Å². The van der Waals surface area contributed by atoms with Crippen molar-refractivity contribution in [2.75, 3.05) is 25.0 Å². The van der Waals surface area contributed by atoms with E-state index in [1.165, 1.54) is 12.7 Å². The molecule has 2 amide bonds. The number of hydrogen-bond donors (Lipinski definition) is 1. The van der Waals surface area contributed by atoms with Gasteiger partial charge < -0.3 is 19.4 Å². The third-order valence-electron chi connectivity index (χ3n) is 4.32. The van der Waals surface area contributed by atoms with Crippen LogP contribution in [-0.4, -0.2) is 42.4 Å². The molecular weight excluding hydrogens is 368 g/mol. The minimum atomic E-state index is -0.570. The first-order valence-corrected chi connectivity index (χ1v) is 9.85. The van der Waals surface area contributed by atoms with Gasteiger partial charge in [0.15, 0.2) is 12.4 Å². The summed E-state index contributed by atoms with van der Waals surface area (Å²) in [5, 5.41) is 3.15. The molecule has 3 rings (SSSR count). The molecule has 0 unspecified atom stereocenters. The summed E-state index contributed by atoms with van der Waals surface area (Å²) in [6, 6.07) is 6.34. The number of likely N-dealkylation sites (tertiary alicyclic amines) is 1. The third-order valence-corrected chi connectivity index (χ3v) is 5.31. The summed E-state index contributed by atoms with van der Waals surface area (Å²) in [6.07, 6.45) is 6.87. The zero-order valence-electron chi connectivity index (χ0n) is 14.9. The molecule has 0 spiro atoms. The molecule has 1 N–H and O–H groups in total. The highest BCUT2D eigenvalue weighted by molar-refractivity contribution is 7.18. The van der Waals surface area contributed by atoms with Gasteiger partial charge in [-0.25, -0.2) is 4.79 Å². The number of rotatable bonds is 5. The van der Waals surface area contributed by atoms with E-state index in [2.05, 4.69) is 5.32 Å². The second-order valence-electron chi connectivity index (χ2n) is 6.32. The predicted molar refractivity (Wildman–Crippen MR) is 101 cm³/mol. The minimum absolute atomic E-state index is 0.159. The lowest BCUT2D eigenvalue weighted by molar-refractivity contribution is -0.134. The Morgan fingerprint density at radius 1 is 1.07 bits per heavy atom. The lowest BCUT2D eigenvalue weighted by atomic mass is 10.1. The maximum absolute atomic E-state index is 12.3. The van der Waals surface area contributed by atoms with Crippen molar-refractivity contribution in [2.24, 2.45) is 0 Å². The molecule has 0 aliphatic carbocycles. The quantitative estimate of drug-likeness (QED) is 0.789. The first-order valence-electron chi connectivity index (χ1n) is 9.03. The summed E-state index contributed by atoms with van der Waals surface area (Å²) in [4.78, 5) is 38.5. The van der Waals surface area contributed by atoms with Gasteiger partial charge in [0.1, 0.15) is 4.88 Å². The van der Waals surface area contributed by atoms with Crippen LogP contribution < -0.4 is 5.32 Å². The van der Waals surface area contributed by atoms with Crippen molar-refractivity contribution in [3.8, 4) is 0 Å². The minimum Gasteiger partial charge on any atom is -0.459 e. The van der Waals surface area contributed by atoms with E-state index in [0.29, 0.717) is 9.88 Å². The van der Waals surface area contributed by atoms with E-state index in [1.807, 2.05) is 0 Å². The highest BCUT2D eigenvalue weighted by atomic mass is 32.1. The van der Waals surface area contributed by atoms with Crippen LogP contribution in [0, 0.1) is 0 Å². The fourth-order valence-corrected chi connectivity index (χ4v) is 3.68. The number of amides is 2. The topological polar surface area (TPSA) is 88.8 Å². The summed E-state index contributed by atoms with van der Waals surface area (Å²) in [6.45, 7) is 1.18. The number of carbonyl (C=O) groups excluding carboxylic acids is 3. The smallest absolute Gasteiger partial charge is 0.348 e. The number of furan rings is 1. The molecular formula is C19H22N2O5S. The SMILES string of the molecule is O=C(Nc1ccc(C(=O)OCC(=O)N2CCCCCCC2)s1)c1ccco1. The molecule has 0 atom stereocenters. The molecule has 2 aromatic heterocycles. The van der Waals surface area contributed by atoms with E-state index in [9.17, 15) is 14.4 Å². The second kappa shape index (κ2) is 9.36. The van der Waals surface area contributed by atoms with Gasteiger partial charge in [-0.3, -0.25) is 9.59 Å². The van der Waals surface area contributed by atoms with Crippen LogP contribution in [0.2, 0.25) is 0 Å². The van der Waals surface area contributed by atoms with Gasteiger partial charge in [-0.05, 0) is 37.1 Å². The van der Waals surface area contributed by atoms with Gasteiger partial charge >= 0.3 is 5.97 Å². The van der Waals surface area contributed by atoms with Crippen molar-refractivity contribution in [1.82, 2.24) is 4.90 Å². The molecule has 1 saturated heterocycles. The van der Waals surface area contributed by atoms with Crippen LogP contribution in [-0.2, 0) is 9.53 Å². The van der Waals surface area contributed by atoms with Crippen molar-refractivity contribution in [2.45, 2.75) is 32.1 Å². The van der Waals surface area contributed by atoms with Gasteiger partial charge in [-0.2, -0.15) is 0 Å². The number of esters is 1. The van der Waals surface area contributed by atoms with Crippen molar-refractivity contribution in [1.29, 1.82) is 0 Å². The number of nitrogens with zero attached hydrogens (tertiary/aromatic N) is 1. The Balaban J connectivity index is 1.48. The van der Waals surface area contributed by atoms with Gasteiger partial charge in [0.05, 0.1) is 11.3 Å². The number of thiophene rings is 1. The molecule has 8 heteroatoms. The molecule has 27 heavy (non-hydrogen) atoms. The van der Waals surface area contributed by atoms with E-state index in [1.54, 1.807) is 29.2 Å². The Labute approximate surface area is 161 Å². The second-order valence-corrected chi connectivity index (χ2v) is 7.40. The highest BCUT2D eigenvalue weighted by Gasteiger charge is 2.19. The van der Waals surface area contributed by atoms with Crippen LogP contribution in [0.15, 0.2) is 34.9 Å². The van der Waals surface area contributed by atoms with Crippen LogP contribution in [0.4, 0.5) is 5.00 Å². The Bertz CT molecular complexity index is 776. The summed E-state index contributed by atoms with van der Waals surface area (Å²) >= 11 is 1.09. The zero-order chi connectivity index (χ0) is 19.1. The van der Waals surface area contributed by atoms with Crippen LogP contribution >= 0.6 is 11.3 Å².